The molecule has 0 spiro atoms. The molecule has 2 heterocycles. The quantitative estimate of drug-likeness (QED) is 0.509. The first-order valence-electron chi connectivity index (χ1n) is 9.54. The van der Waals surface area contributed by atoms with Crippen molar-refractivity contribution < 1.29 is 13.6 Å². The van der Waals surface area contributed by atoms with Gasteiger partial charge in [0.2, 0.25) is 5.91 Å². The molecule has 1 aliphatic rings. The van der Waals surface area contributed by atoms with Gasteiger partial charge in [-0.3, -0.25) is 9.78 Å². The molecule has 1 saturated carbocycles. The highest BCUT2D eigenvalue weighted by molar-refractivity contribution is 8.00. The van der Waals surface area contributed by atoms with Crippen molar-refractivity contribution in [3.05, 3.63) is 65.6 Å². The number of nitrogens with zero attached hydrogens (tertiary/aromatic N) is 2. The number of hydrogen-bond acceptors (Lipinski definition) is 5. The van der Waals surface area contributed by atoms with E-state index < -0.39 is 11.6 Å². The Labute approximate surface area is 177 Å². The van der Waals surface area contributed by atoms with Crippen molar-refractivity contribution in [1.82, 2.24) is 9.97 Å². The van der Waals surface area contributed by atoms with Crippen LogP contribution in [0.3, 0.4) is 0 Å². The molecule has 1 fully saturated rings. The van der Waals surface area contributed by atoms with E-state index in [0.717, 1.165) is 58.9 Å². The van der Waals surface area contributed by atoms with Crippen molar-refractivity contribution in [2.24, 2.45) is 5.92 Å². The van der Waals surface area contributed by atoms with Crippen molar-refractivity contribution in [2.45, 2.75) is 31.6 Å². The molecule has 3 aromatic rings. The molecule has 30 heavy (non-hydrogen) atoms. The van der Waals surface area contributed by atoms with Gasteiger partial charge in [0.05, 0.1) is 16.3 Å². The first kappa shape index (κ1) is 20.3. The number of pyridine rings is 2. The van der Waals surface area contributed by atoms with Crippen LogP contribution in [0.25, 0.3) is 11.1 Å². The second kappa shape index (κ2) is 8.39. The van der Waals surface area contributed by atoms with Crippen LogP contribution in [0, 0.1) is 31.4 Å². The Bertz CT molecular complexity index is 1120. The summed E-state index contributed by atoms with van der Waals surface area (Å²) in [6.07, 6.45) is 5.26. The fourth-order valence-corrected chi connectivity index (χ4v) is 3.88. The molecule has 8 heteroatoms. The van der Waals surface area contributed by atoms with E-state index in [1.165, 1.54) is 12.1 Å². The summed E-state index contributed by atoms with van der Waals surface area (Å²) in [6, 6.07) is 7.13. The van der Waals surface area contributed by atoms with Crippen LogP contribution in [-0.2, 0) is 4.79 Å². The Morgan fingerprint density at radius 2 is 1.93 bits per heavy atom. The number of benzene rings is 1. The molecule has 2 aromatic heterocycles. The van der Waals surface area contributed by atoms with E-state index in [9.17, 15) is 13.6 Å². The predicted octanol–water partition coefficient (Wildman–Crippen LogP) is 5.51. The smallest absolute Gasteiger partial charge is 0.228 e. The van der Waals surface area contributed by atoms with E-state index in [0.29, 0.717) is 5.82 Å². The van der Waals surface area contributed by atoms with Gasteiger partial charge in [0, 0.05) is 29.9 Å². The van der Waals surface area contributed by atoms with Gasteiger partial charge in [-0.15, -0.1) is 0 Å². The average molecular weight is 426 g/mol. The maximum atomic E-state index is 14.0. The lowest BCUT2D eigenvalue weighted by molar-refractivity contribution is -0.117. The fraction of sp³-hybridized carbons (Fsp3) is 0.227. The van der Waals surface area contributed by atoms with Crippen molar-refractivity contribution >= 4 is 29.4 Å². The number of carbonyl (C=O) groups excluding carboxylic acids is 1. The second-order valence-electron chi connectivity index (χ2n) is 7.23. The van der Waals surface area contributed by atoms with Crippen molar-refractivity contribution in [3.63, 3.8) is 0 Å². The van der Waals surface area contributed by atoms with E-state index >= 15 is 0 Å². The van der Waals surface area contributed by atoms with E-state index in [2.05, 4.69) is 20.0 Å². The zero-order valence-electron chi connectivity index (χ0n) is 16.5. The van der Waals surface area contributed by atoms with Gasteiger partial charge < -0.3 is 10.0 Å². The van der Waals surface area contributed by atoms with Crippen molar-refractivity contribution in [3.8, 4) is 11.1 Å². The maximum absolute atomic E-state index is 14.0. The maximum Gasteiger partial charge on any atom is 0.228 e. The van der Waals surface area contributed by atoms with Crippen LogP contribution in [0.4, 0.5) is 20.3 Å². The summed E-state index contributed by atoms with van der Waals surface area (Å²) in [4.78, 5) is 21.0. The fourth-order valence-electron chi connectivity index (χ4n) is 3.07. The molecule has 154 valence electrons. The summed E-state index contributed by atoms with van der Waals surface area (Å²) in [6.45, 7) is 3.80. The van der Waals surface area contributed by atoms with Gasteiger partial charge in [-0.05, 0) is 74.0 Å². The third kappa shape index (κ3) is 4.43. The van der Waals surface area contributed by atoms with E-state index in [4.69, 9.17) is 0 Å². The molecule has 0 aliphatic heterocycles. The number of amides is 1. The molecular formula is C22H20F2N4OS. The summed E-state index contributed by atoms with van der Waals surface area (Å²) in [5.41, 5.74) is 4.15. The molecule has 0 saturated heterocycles. The van der Waals surface area contributed by atoms with Crippen LogP contribution < -0.4 is 10.0 Å². The van der Waals surface area contributed by atoms with Crippen molar-refractivity contribution in [1.29, 1.82) is 0 Å². The van der Waals surface area contributed by atoms with Crippen LogP contribution >= 0.6 is 11.9 Å². The summed E-state index contributed by atoms with van der Waals surface area (Å²) in [7, 11) is 0. The van der Waals surface area contributed by atoms with Gasteiger partial charge in [0.1, 0.15) is 17.5 Å². The molecule has 1 aromatic carbocycles. The lowest BCUT2D eigenvalue weighted by Gasteiger charge is -2.16. The molecule has 0 atom stereocenters. The molecule has 0 unspecified atom stereocenters. The number of aryl methyl sites for hydroxylation is 1. The zero-order chi connectivity index (χ0) is 21.3. The molecule has 4 rings (SSSR count). The predicted molar refractivity (Wildman–Crippen MR) is 114 cm³/mol. The molecule has 1 aliphatic carbocycles. The first-order valence-corrected chi connectivity index (χ1v) is 10.4. The van der Waals surface area contributed by atoms with E-state index in [-0.39, 0.29) is 16.7 Å². The van der Waals surface area contributed by atoms with Crippen LogP contribution in [0.5, 0.6) is 0 Å². The molecule has 0 bridgehead atoms. The minimum atomic E-state index is -0.628. The normalized spacial score (nSPS) is 13.2. The molecular weight excluding hydrogens is 406 g/mol. The minimum absolute atomic E-state index is 0.00140. The molecule has 0 radical (unpaired) electrons. The van der Waals surface area contributed by atoms with Crippen LogP contribution in [0.15, 0.2) is 47.6 Å². The van der Waals surface area contributed by atoms with Gasteiger partial charge in [-0.25, -0.2) is 13.8 Å². The Balaban J connectivity index is 1.58. The Morgan fingerprint density at radius 3 is 2.67 bits per heavy atom. The largest absolute Gasteiger partial charge is 0.324 e. The number of anilines is 2. The summed E-state index contributed by atoms with van der Waals surface area (Å²) in [5.74, 6) is -0.648. The van der Waals surface area contributed by atoms with Crippen LogP contribution in [0.1, 0.15) is 24.1 Å². The zero-order valence-corrected chi connectivity index (χ0v) is 17.3. The summed E-state index contributed by atoms with van der Waals surface area (Å²) in [5, 5.41) is 2.85. The Kier molecular flexibility index (Phi) is 5.67. The highest BCUT2D eigenvalue weighted by Crippen LogP contribution is 2.34. The SMILES string of the molecule is Cc1ncc(-c2ccnc(NC(=O)C3CC3)c2)c(C)c1NSc1ccc(F)cc1F. The lowest BCUT2D eigenvalue weighted by Crippen LogP contribution is -2.14. The third-order valence-corrected chi connectivity index (χ3v) is 5.81. The number of nitrogens with one attached hydrogen (secondary N) is 2. The van der Waals surface area contributed by atoms with Gasteiger partial charge in [-0.2, -0.15) is 0 Å². The first-order chi connectivity index (χ1) is 14.4. The molecule has 5 nitrogen and oxygen atoms in total. The third-order valence-electron chi connectivity index (χ3n) is 4.96. The molecule has 1 amide bonds. The highest BCUT2D eigenvalue weighted by Gasteiger charge is 2.29. The second-order valence-corrected chi connectivity index (χ2v) is 8.08. The topological polar surface area (TPSA) is 66.9 Å². The van der Waals surface area contributed by atoms with Gasteiger partial charge >= 0.3 is 0 Å². The highest BCUT2D eigenvalue weighted by atomic mass is 32.2. The van der Waals surface area contributed by atoms with Crippen molar-refractivity contribution in [2.75, 3.05) is 10.0 Å². The Hall–Kier alpha value is -3.00. The lowest BCUT2D eigenvalue weighted by atomic mass is 10.0. The van der Waals surface area contributed by atoms with Gasteiger partial charge in [-0.1, -0.05) is 0 Å². The van der Waals surface area contributed by atoms with Crippen LogP contribution in [0.2, 0.25) is 0 Å². The molecule has 2 N–H and O–H groups in total. The number of carbonyl (C=O) groups is 1. The standard InChI is InChI=1S/C22H20F2N4OS/c1-12-17(15-7-8-25-20(9-15)27-22(29)14-3-4-14)11-26-13(2)21(12)28-30-19-6-5-16(23)10-18(19)24/h5-11,14,28H,3-4H2,1-2H3,(H,25,27,29). The summed E-state index contributed by atoms with van der Waals surface area (Å²) < 4.78 is 30.2. The number of hydrogen-bond donors (Lipinski definition) is 2. The number of halogens is 2. The van der Waals surface area contributed by atoms with E-state index in [1.807, 2.05) is 26.0 Å². The van der Waals surface area contributed by atoms with Gasteiger partial charge in [0.25, 0.3) is 0 Å². The van der Waals surface area contributed by atoms with Crippen LogP contribution in [-0.4, -0.2) is 15.9 Å². The minimum Gasteiger partial charge on any atom is -0.324 e. The monoisotopic (exact) mass is 426 g/mol. The Morgan fingerprint density at radius 1 is 1.13 bits per heavy atom. The van der Waals surface area contributed by atoms with Gasteiger partial charge in [0.15, 0.2) is 0 Å². The van der Waals surface area contributed by atoms with E-state index in [1.54, 1.807) is 12.4 Å². The summed E-state index contributed by atoms with van der Waals surface area (Å²) >= 11 is 1.06. The average Bonchev–Trinajstić information content (AvgIpc) is 3.55. The number of rotatable bonds is 6. The number of aromatic nitrogens is 2.